The van der Waals surface area contributed by atoms with E-state index in [1.807, 2.05) is 0 Å². The van der Waals surface area contributed by atoms with Crippen molar-refractivity contribution in [1.82, 2.24) is 0 Å². The van der Waals surface area contributed by atoms with E-state index >= 15 is 0 Å². The van der Waals surface area contributed by atoms with E-state index in [2.05, 4.69) is 32.1 Å². The molecule has 0 bridgehead atoms. The molecule has 54 valence electrons. The van der Waals surface area contributed by atoms with Crippen molar-refractivity contribution in [3.05, 3.63) is 22.8 Å². The Kier molecular flexibility index (Phi) is 0.889. The van der Waals surface area contributed by atoms with Gasteiger partial charge in [0.05, 0.1) is 0 Å². The van der Waals surface area contributed by atoms with Crippen LogP contribution < -0.4 is 10.7 Å². The second-order valence-electron chi connectivity index (χ2n) is 2.39. The standard InChI is InChI=1S/C8H2N4/c1-5-7(11-3-9-5)2-8-6(1)10-4-12-8/h3-4H. The number of benzene rings is 1. The molecular weight excluding hydrogens is 152 g/mol. The SMILES string of the molecule is [c]1c2c([c]c3c1=NC=N3)=NC=N2. The minimum Gasteiger partial charge on any atom is -0.234 e. The van der Waals surface area contributed by atoms with Crippen molar-refractivity contribution in [2.75, 3.05) is 0 Å². The molecule has 4 nitrogen and oxygen atoms in total. The highest BCUT2D eigenvalue weighted by Gasteiger charge is 2.07. The molecule has 0 unspecified atom stereocenters. The van der Waals surface area contributed by atoms with Gasteiger partial charge in [0.2, 0.25) is 0 Å². The summed E-state index contributed by atoms with van der Waals surface area (Å²) in [7, 11) is 0. The van der Waals surface area contributed by atoms with Gasteiger partial charge in [-0.1, -0.05) is 0 Å². The molecule has 0 saturated carbocycles. The summed E-state index contributed by atoms with van der Waals surface area (Å²) >= 11 is 0. The highest BCUT2D eigenvalue weighted by atomic mass is 15.0. The van der Waals surface area contributed by atoms with Crippen LogP contribution in [0.3, 0.4) is 0 Å². The zero-order valence-electron chi connectivity index (χ0n) is 5.94. The Hall–Kier alpha value is -1.84. The molecule has 3 rings (SSSR count). The van der Waals surface area contributed by atoms with E-state index < -0.39 is 0 Å². The maximum absolute atomic E-state index is 3.98. The Morgan fingerprint density at radius 1 is 0.833 bits per heavy atom. The predicted molar refractivity (Wildman–Crippen MR) is 42.7 cm³/mol. The molecule has 0 aliphatic carbocycles. The van der Waals surface area contributed by atoms with Crippen molar-refractivity contribution in [3.63, 3.8) is 0 Å². The van der Waals surface area contributed by atoms with Crippen molar-refractivity contribution < 1.29 is 0 Å². The molecule has 2 heterocycles. The van der Waals surface area contributed by atoms with Crippen LogP contribution in [-0.2, 0) is 0 Å². The Morgan fingerprint density at radius 3 is 1.83 bits per heavy atom. The molecule has 0 aromatic heterocycles. The molecule has 2 aliphatic rings. The number of hydrogen-bond acceptors (Lipinski definition) is 4. The first-order chi connectivity index (χ1) is 5.93. The minimum atomic E-state index is 0.697. The van der Waals surface area contributed by atoms with Crippen molar-refractivity contribution >= 4 is 24.1 Å². The summed E-state index contributed by atoms with van der Waals surface area (Å²) in [6.07, 6.45) is 2.97. The fourth-order valence-corrected chi connectivity index (χ4v) is 1.12. The summed E-state index contributed by atoms with van der Waals surface area (Å²) in [6, 6.07) is 5.98. The zero-order valence-corrected chi connectivity index (χ0v) is 5.94. The topological polar surface area (TPSA) is 49.4 Å². The van der Waals surface area contributed by atoms with Crippen molar-refractivity contribution in [2.45, 2.75) is 0 Å². The van der Waals surface area contributed by atoms with Crippen LogP contribution >= 0.6 is 0 Å². The van der Waals surface area contributed by atoms with Gasteiger partial charge in [0.25, 0.3) is 0 Å². The monoisotopic (exact) mass is 154 g/mol. The average Bonchev–Trinajstić information content (AvgIpc) is 2.64. The lowest BCUT2D eigenvalue weighted by atomic mass is 10.2. The van der Waals surface area contributed by atoms with Gasteiger partial charge < -0.3 is 0 Å². The maximum atomic E-state index is 3.98. The summed E-state index contributed by atoms with van der Waals surface area (Å²) in [5.74, 6) is 0. The van der Waals surface area contributed by atoms with E-state index in [0.29, 0.717) is 22.1 Å². The van der Waals surface area contributed by atoms with Crippen molar-refractivity contribution in [3.8, 4) is 0 Å². The van der Waals surface area contributed by atoms with E-state index in [9.17, 15) is 0 Å². The summed E-state index contributed by atoms with van der Waals surface area (Å²) in [6.45, 7) is 0. The Balaban J connectivity index is 2.50. The van der Waals surface area contributed by atoms with E-state index in [1.165, 1.54) is 12.7 Å². The van der Waals surface area contributed by atoms with Gasteiger partial charge in [-0.2, -0.15) is 0 Å². The molecule has 2 aliphatic heterocycles. The van der Waals surface area contributed by atoms with Gasteiger partial charge >= 0.3 is 0 Å². The molecule has 4 heteroatoms. The lowest BCUT2D eigenvalue weighted by Gasteiger charge is -1.88. The summed E-state index contributed by atoms with van der Waals surface area (Å²) in [4.78, 5) is 15.9. The minimum absolute atomic E-state index is 0.697. The molecule has 12 heavy (non-hydrogen) atoms. The third-order valence-electron chi connectivity index (χ3n) is 1.67. The van der Waals surface area contributed by atoms with Crippen LogP contribution in [0.1, 0.15) is 0 Å². The Morgan fingerprint density at radius 2 is 1.33 bits per heavy atom. The second-order valence-corrected chi connectivity index (χ2v) is 2.39. The van der Waals surface area contributed by atoms with E-state index in [1.54, 1.807) is 0 Å². The summed E-state index contributed by atoms with van der Waals surface area (Å²) in [5, 5.41) is 1.39. The van der Waals surface area contributed by atoms with Crippen LogP contribution in [0.25, 0.3) is 0 Å². The number of hydrogen-bond donors (Lipinski definition) is 0. The van der Waals surface area contributed by atoms with Gasteiger partial charge in [-0.3, -0.25) is 0 Å². The van der Waals surface area contributed by atoms with Gasteiger partial charge in [-0.05, 0) is 0 Å². The van der Waals surface area contributed by atoms with Crippen molar-refractivity contribution in [1.29, 1.82) is 0 Å². The van der Waals surface area contributed by atoms with Gasteiger partial charge in [-0.15, -0.1) is 0 Å². The van der Waals surface area contributed by atoms with Crippen LogP contribution in [-0.4, -0.2) is 12.7 Å². The zero-order chi connectivity index (χ0) is 7.97. The first kappa shape index (κ1) is 5.77. The Labute approximate surface area is 67.7 Å². The van der Waals surface area contributed by atoms with Crippen molar-refractivity contribution in [2.24, 2.45) is 20.0 Å². The fourth-order valence-electron chi connectivity index (χ4n) is 1.12. The third-order valence-corrected chi connectivity index (χ3v) is 1.67. The predicted octanol–water partition coefficient (Wildman–Crippen LogP) is -0.127. The normalized spacial score (nSPS) is 15.3. The molecular formula is C8H2N4. The van der Waals surface area contributed by atoms with Gasteiger partial charge in [-0.25, -0.2) is 20.0 Å². The van der Waals surface area contributed by atoms with E-state index in [0.717, 1.165) is 0 Å². The quantitative estimate of drug-likeness (QED) is 0.500. The second kappa shape index (κ2) is 1.85. The van der Waals surface area contributed by atoms with Crippen LogP contribution in [0.2, 0.25) is 0 Å². The molecule has 0 atom stereocenters. The molecule has 0 N–H and O–H groups in total. The molecule has 0 fully saturated rings. The molecule has 1 aromatic carbocycles. The number of fused-ring (bicyclic) bond motifs is 2. The van der Waals surface area contributed by atoms with Gasteiger partial charge in [0.1, 0.15) is 34.8 Å². The molecule has 0 amide bonds. The fraction of sp³-hybridized carbons (Fsp3) is 0. The number of nitrogens with zero attached hydrogens (tertiary/aromatic N) is 4. The maximum Gasteiger partial charge on any atom is 0.116 e. The van der Waals surface area contributed by atoms with Crippen LogP contribution in [0.5, 0.6) is 0 Å². The van der Waals surface area contributed by atoms with E-state index in [4.69, 9.17) is 0 Å². The lowest BCUT2D eigenvalue weighted by molar-refractivity contribution is 1.35. The number of rotatable bonds is 0. The molecule has 0 saturated heterocycles. The number of aliphatic imine (C=N–C) groups is 2. The third kappa shape index (κ3) is 0.611. The highest BCUT2D eigenvalue weighted by molar-refractivity contribution is 5.71. The average molecular weight is 154 g/mol. The van der Waals surface area contributed by atoms with Crippen LogP contribution in [0.4, 0.5) is 11.4 Å². The first-order valence-corrected chi connectivity index (χ1v) is 3.43. The molecule has 1 aromatic rings. The molecule has 2 radical (unpaired) electrons. The van der Waals surface area contributed by atoms with Gasteiger partial charge in [0, 0.05) is 12.1 Å². The van der Waals surface area contributed by atoms with E-state index in [-0.39, 0.29) is 0 Å². The molecule has 0 spiro atoms. The smallest absolute Gasteiger partial charge is 0.116 e. The largest absolute Gasteiger partial charge is 0.234 e. The summed E-state index contributed by atoms with van der Waals surface area (Å²) in [5.41, 5.74) is 1.39. The summed E-state index contributed by atoms with van der Waals surface area (Å²) < 4.78 is 0. The highest BCUT2D eigenvalue weighted by Crippen LogP contribution is 2.10. The van der Waals surface area contributed by atoms with Crippen LogP contribution in [0, 0.1) is 12.1 Å². The first-order valence-electron chi connectivity index (χ1n) is 3.43. The Bertz CT molecular complexity index is 475. The lowest BCUT2D eigenvalue weighted by Crippen LogP contribution is -2.07. The van der Waals surface area contributed by atoms with Gasteiger partial charge in [0.15, 0.2) is 0 Å². The van der Waals surface area contributed by atoms with Crippen LogP contribution in [0.15, 0.2) is 20.0 Å².